The van der Waals surface area contributed by atoms with Crippen LogP contribution in [0.5, 0.6) is 0 Å². The zero-order valence-corrected chi connectivity index (χ0v) is 14.5. The number of fused-ring (bicyclic) bond motifs is 3. The van der Waals surface area contributed by atoms with Gasteiger partial charge in [-0.1, -0.05) is 53.6 Å². The van der Waals surface area contributed by atoms with Gasteiger partial charge in [0.2, 0.25) is 0 Å². The monoisotopic (exact) mass is 383 g/mol. The highest BCUT2D eigenvalue weighted by atomic mass is 35.5. The fourth-order valence-corrected chi connectivity index (χ4v) is 4.43. The number of halogens is 5. The van der Waals surface area contributed by atoms with Gasteiger partial charge in [-0.2, -0.15) is 13.2 Å². The molecule has 1 aliphatic heterocycles. The van der Waals surface area contributed by atoms with Gasteiger partial charge in [-0.25, -0.2) is 0 Å². The van der Waals surface area contributed by atoms with Crippen molar-refractivity contribution in [1.29, 1.82) is 0 Å². The molecule has 4 rings (SSSR count). The average molecular weight is 384 g/mol. The van der Waals surface area contributed by atoms with Crippen LogP contribution in [-0.2, 0) is 6.18 Å². The summed E-state index contributed by atoms with van der Waals surface area (Å²) in [6, 6.07) is 9.59. The van der Waals surface area contributed by atoms with Crippen LogP contribution >= 0.6 is 23.2 Å². The quantitative estimate of drug-likeness (QED) is 0.531. The third kappa shape index (κ3) is 2.72. The van der Waals surface area contributed by atoms with Crippen LogP contribution in [-0.4, -0.2) is 0 Å². The van der Waals surface area contributed by atoms with Crippen LogP contribution in [0.2, 0.25) is 10.0 Å². The van der Waals surface area contributed by atoms with E-state index < -0.39 is 11.7 Å². The molecule has 2 aliphatic rings. The predicted octanol–water partition coefficient (Wildman–Crippen LogP) is 6.84. The maximum atomic E-state index is 13.5. The van der Waals surface area contributed by atoms with E-state index >= 15 is 0 Å². The van der Waals surface area contributed by atoms with Crippen LogP contribution in [0, 0.1) is 5.92 Å². The molecule has 130 valence electrons. The summed E-state index contributed by atoms with van der Waals surface area (Å²) >= 11 is 12.6. The minimum atomic E-state index is -4.42. The minimum absolute atomic E-state index is 0.0352. The maximum Gasteiger partial charge on any atom is 0.416 e. The number of rotatable bonds is 1. The van der Waals surface area contributed by atoms with Crippen LogP contribution in [0.4, 0.5) is 18.9 Å². The summed E-state index contributed by atoms with van der Waals surface area (Å²) in [6.45, 7) is 0. The molecule has 3 atom stereocenters. The van der Waals surface area contributed by atoms with Crippen molar-refractivity contribution in [1.82, 2.24) is 0 Å². The third-order valence-electron chi connectivity index (χ3n) is 5.01. The number of alkyl halides is 3. The van der Waals surface area contributed by atoms with Crippen molar-refractivity contribution in [2.45, 2.75) is 24.6 Å². The van der Waals surface area contributed by atoms with E-state index in [-0.39, 0.29) is 23.4 Å². The molecule has 1 heterocycles. The minimum Gasteiger partial charge on any atom is -0.376 e. The number of nitrogens with one attached hydrogen (secondary N) is 1. The van der Waals surface area contributed by atoms with Gasteiger partial charge in [0.15, 0.2) is 0 Å². The molecule has 1 nitrogen and oxygen atoms in total. The van der Waals surface area contributed by atoms with Gasteiger partial charge >= 0.3 is 6.18 Å². The van der Waals surface area contributed by atoms with Crippen LogP contribution in [0.3, 0.4) is 0 Å². The van der Waals surface area contributed by atoms with Crippen LogP contribution in [0.15, 0.2) is 48.6 Å². The summed E-state index contributed by atoms with van der Waals surface area (Å²) in [6.07, 6.45) is 0.0716. The molecule has 0 unspecified atom stereocenters. The highest BCUT2D eigenvalue weighted by Gasteiger charge is 2.45. The first-order chi connectivity index (χ1) is 11.9. The van der Waals surface area contributed by atoms with Gasteiger partial charge in [0.05, 0.1) is 22.3 Å². The topological polar surface area (TPSA) is 12.0 Å². The van der Waals surface area contributed by atoms with Crippen molar-refractivity contribution < 1.29 is 13.2 Å². The van der Waals surface area contributed by atoms with E-state index in [1.54, 1.807) is 6.07 Å². The lowest BCUT2D eigenvalue weighted by Crippen LogP contribution is -2.31. The van der Waals surface area contributed by atoms with E-state index in [9.17, 15) is 13.2 Å². The molecule has 0 aromatic heterocycles. The number of hydrogen-bond donors (Lipinski definition) is 1. The summed E-state index contributed by atoms with van der Waals surface area (Å²) in [4.78, 5) is 0. The normalized spacial score (nSPS) is 24.6. The Hall–Kier alpha value is -1.65. The summed E-state index contributed by atoms with van der Waals surface area (Å²) in [7, 11) is 0. The van der Waals surface area contributed by atoms with Crippen molar-refractivity contribution in [3.63, 3.8) is 0 Å². The summed E-state index contributed by atoms with van der Waals surface area (Å²) < 4.78 is 40.6. The molecule has 2 aromatic carbocycles. The lowest BCUT2D eigenvalue weighted by atomic mass is 9.75. The predicted molar refractivity (Wildman–Crippen MR) is 94.3 cm³/mol. The second kappa shape index (κ2) is 5.96. The first kappa shape index (κ1) is 16.8. The lowest BCUT2D eigenvalue weighted by Gasteiger charge is -2.39. The maximum absolute atomic E-state index is 13.5. The smallest absolute Gasteiger partial charge is 0.376 e. The zero-order valence-electron chi connectivity index (χ0n) is 12.9. The van der Waals surface area contributed by atoms with Crippen LogP contribution in [0.25, 0.3) is 0 Å². The highest BCUT2D eigenvalue weighted by Crippen LogP contribution is 2.55. The molecule has 0 saturated carbocycles. The summed E-state index contributed by atoms with van der Waals surface area (Å²) in [5.41, 5.74) is 0.844. The molecular weight excluding hydrogens is 370 g/mol. The van der Waals surface area contributed by atoms with Crippen molar-refractivity contribution in [3.05, 3.63) is 75.3 Å². The summed E-state index contributed by atoms with van der Waals surface area (Å²) in [5, 5.41) is 4.14. The second-order valence-corrected chi connectivity index (χ2v) is 7.19. The Kier molecular flexibility index (Phi) is 4.00. The first-order valence-electron chi connectivity index (χ1n) is 7.95. The Morgan fingerprint density at radius 2 is 1.76 bits per heavy atom. The van der Waals surface area contributed by atoms with Gasteiger partial charge in [-0.3, -0.25) is 0 Å². The van der Waals surface area contributed by atoms with Gasteiger partial charge in [0, 0.05) is 10.9 Å². The van der Waals surface area contributed by atoms with Crippen molar-refractivity contribution in [2.75, 3.05) is 5.32 Å². The number of anilines is 1. The SMILES string of the molecule is FC(F)(F)c1ccc(Cl)c2c1[C@@H]1C=CC[C@@H]1[C@@H](c1ccccc1Cl)N2. The molecule has 1 N–H and O–H groups in total. The lowest BCUT2D eigenvalue weighted by molar-refractivity contribution is -0.138. The van der Waals surface area contributed by atoms with Gasteiger partial charge in [-0.05, 0) is 41.7 Å². The van der Waals surface area contributed by atoms with Gasteiger partial charge < -0.3 is 5.32 Å². The van der Waals surface area contributed by atoms with Crippen molar-refractivity contribution in [2.24, 2.45) is 5.92 Å². The molecule has 0 saturated heterocycles. The van der Waals surface area contributed by atoms with E-state index in [1.807, 2.05) is 30.4 Å². The molecule has 0 fully saturated rings. The number of benzene rings is 2. The third-order valence-corrected chi connectivity index (χ3v) is 5.67. The molecular formula is C19H14Cl2F3N. The fourth-order valence-electron chi connectivity index (χ4n) is 3.96. The van der Waals surface area contributed by atoms with Crippen molar-refractivity contribution in [3.8, 4) is 0 Å². The number of hydrogen-bond acceptors (Lipinski definition) is 1. The Morgan fingerprint density at radius 1 is 1.00 bits per heavy atom. The molecule has 0 bridgehead atoms. The first-order valence-corrected chi connectivity index (χ1v) is 8.70. The van der Waals surface area contributed by atoms with Crippen LogP contribution in [0.1, 0.15) is 35.1 Å². The largest absolute Gasteiger partial charge is 0.416 e. The Bertz CT molecular complexity index is 860. The molecule has 0 spiro atoms. The molecule has 0 amide bonds. The van der Waals surface area contributed by atoms with Gasteiger partial charge in [0.25, 0.3) is 0 Å². The number of allylic oxidation sites excluding steroid dienone is 2. The Morgan fingerprint density at radius 3 is 2.48 bits per heavy atom. The average Bonchev–Trinajstić information content (AvgIpc) is 3.04. The van der Waals surface area contributed by atoms with Crippen LogP contribution < -0.4 is 5.32 Å². The van der Waals surface area contributed by atoms with Gasteiger partial charge in [-0.15, -0.1) is 0 Å². The Labute approximate surface area is 153 Å². The molecule has 0 radical (unpaired) electrons. The summed E-state index contributed by atoms with van der Waals surface area (Å²) in [5.74, 6) is -0.375. The molecule has 6 heteroatoms. The molecule has 25 heavy (non-hydrogen) atoms. The molecule has 1 aliphatic carbocycles. The second-order valence-electron chi connectivity index (χ2n) is 6.38. The van der Waals surface area contributed by atoms with E-state index in [0.717, 1.165) is 11.6 Å². The van der Waals surface area contributed by atoms with E-state index in [2.05, 4.69) is 5.32 Å². The fraction of sp³-hybridized carbons (Fsp3) is 0.263. The Balaban J connectivity index is 1.90. The standard InChI is InChI=1S/C19H14Cl2F3N/c20-14-7-2-1-4-12(14)17-11-6-3-5-10(11)16-13(19(22,23)24)8-9-15(21)18(16)25-17/h1-5,7-11,17,25H,6H2/t10-,11+,17+/m1/s1. The molecule has 2 aromatic rings. The van der Waals surface area contributed by atoms with Crippen molar-refractivity contribution >= 4 is 28.9 Å². The highest BCUT2D eigenvalue weighted by molar-refractivity contribution is 6.33. The van der Waals surface area contributed by atoms with Gasteiger partial charge in [0.1, 0.15) is 0 Å². The van der Waals surface area contributed by atoms with E-state index in [0.29, 0.717) is 22.2 Å². The van der Waals surface area contributed by atoms with E-state index in [4.69, 9.17) is 23.2 Å². The van der Waals surface area contributed by atoms with E-state index in [1.165, 1.54) is 6.07 Å². The zero-order chi connectivity index (χ0) is 17.8.